The lowest BCUT2D eigenvalue weighted by molar-refractivity contribution is -0.389. The van der Waals surface area contributed by atoms with Crippen LogP contribution in [0.1, 0.15) is 12.5 Å². The molecule has 3 rings (SSSR count). The quantitative estimate of drug-likeness (QED) is 0.561. The Morgan fingerprint density at radius 2 is 1.89 bits per heavy atom. The zero-order chi connectivity index (χ0) is 19.2. The van der Waals surface area contributed by atoms with Crippen LogP contribution in [0, 0.1) is 10.1 Å². The number of pyridine rings is 1. The topological polar surface area (TPSA) is 79.6 Å². The van der Waals surface area contributed by atoms with Gasteiger partial charge in [-0.25, -0.2) is 0 Å². The summed E-state index contributed by atoms with van der Waals surface area (Å²) in [6.07, 6.45) is 1.52. The van der Waals surface area contributed by atoms with E-state index in [9.17, 15) is 14.9 Å². The van der Waals surface area contributed by atoms with Crippen LogP contribution in [0.25, 0.3) is 0 Å². The lowest BCUT2D eigenvalue weighted by Gasteiger charge is -2.36. The molecule has 0 bridgehead atoms. The highest BCUT2D eigenvalue weighted by Gasteiger charge is 2.25. The molecule has 0 radical (unpaired) electrons. The third kappa shape index (κ3) is 4.97. The fourth-order valence-corrected chi connectivity index (χ4v) is 3.91. The average Bonchev–Trinajstić information content (AvgIpc) is 2.72. The summed E-state index contributed by atoms with van der Waals surface area (Å²) in [5.41, 5.74) is 2.07. The molecular weight excluding hydrogens is 364 g/mol. The van der Waals surface area contributed by atoms with Gasteiger partial charge in [0.1, 0.15) is 0 Å². The Morgan fingerprint density at radius 1 is 1.19 bits per heavy atom. The third-order valence-corrected chi connectivity index (χ3v) is 5.77. The summed E-state index contributed by atoms with van der Waals surface area (Å²) in [5, 5.41) is 10.6. The predicted molar refractivity (Wildman–Crippen MR) is 107 cm³/mol. The molecule has 1 saturated heterocycles. The summed E-state index contributed by atoms with van der Waals surface area (Å²) < 4.78 is 0. The molecule has 0 unspecified atom stereocenters. The lowest BCUT2D eigenvalue weighted by Crippen LogP contribution is -2.50. The van der Waals surface area contributed by atoms with Crippen molar-refractivity contribution >= 4 is 29.2 Å². The van der Waals surface area contributed by atoms with Crippen molar-refractivity contribution in [3.63, 3.8) is 0 Å². The predicted octanol–water partition coefficient (Wildman–Crippen LogP) is 2.96. The number of benzene rings is 1. The van der Waals surface area contributed by atoms with E-state index < -0.39 is 4.92 Å². The molecule has 0 aliphatic carbocycles. The van der Waals surface area contributed by atoms with E-state index in [1.807, 2.05) is 30.0 Å². The van der Waals surface area contributed by atoms with Crippen molar-refractivity contribution in [2.24, 2.45) is 0 Å². The number of anilines is 1. The van der Waals surface area contributed by atoms with E-state index >= 15 is 0 Å². The number of carbonyl (C=O) groups is 1. The average molecular weight is 386 g/mol. The van der Waals surface area contributed by atoms with Gasteiger partial charge >= 0.3 is 5.82 Å². The summed E-state index contributed by atoms with van der Waals surface area (Å²) in [6.45, 7) is 4.64. The first-order valence-electron chi connectivity index (χ1n) is 8.84. The molecule has 7 nitrogen and oxygen atoms in total. The van der Waals surface area contributed by atoms with Crippen LogP contribution in [0.2, 0.25) is 0 Å². The van der Waals surface area contributed by atoms with Crippen molar-refractivity contribution < 1.29 is 9.72 Å². The maximum absolute atomic E-state index is 12.7. The van der Waals surface area contributed by atoms with Crippen molar-refractivity contribution in [1.82, 2.24) is 9.88 Å². The molecule has 1 atom stereocenters. The van der Waals surface area contributed by atoms with Crippen molar-refractivity contribution in [3.05, 3.63) is 64.3 Å². The van der Waals surface area contributed by atoms with E-state index in [0.717, 1.165) is 11.4 Å². The van der Waals surface area contributed by atoms with E-state index in [0.29, 0.717) is 26.2 Å². The standard InChI is InChI=1S/C19H22N4O3S/c1-15(27-14-16-5-3-2-4-6-16)19(24)22-11-9-21(10-12-22)17-7-8-18(20-13-17)23(25)26/h2-8,13,15H,9-12,14H2,1H3/t15-/m0/s1. The maximum Gasteiger partial charge on any atom is 0.363 e. The minimum Gasteiger partial charge on any atom is -0.365 e. The third-order valence-electron chi connectivity index (χ3n) is 4.57. The Bertz CT molecular complexity index is 777. The van der Waals surface area contributed by atoms with Gasteiger partial charge in [0.2, 0.25) is 5.91 Å². The molecule has 2 heterocycles. The molecule has 0 spiro atoms. The Morgan fingerprint density at radius 3 is 2.48 bits per heavy atom. The first-order chi connectivity index (χ1) is 13.0. The van der Waals surface area contributed by atoms with Crippen LogP contribution in [0.15, 0.2) is 48.7 Å². The van der Waals surface area contributed by atoms with Gasteiger partial charge in [0.05, 0.1) is 10.9 Å². The van der Waals surface area contributed by atoms with E-state index in [1.54, 1.807) is 17.8 Å². The molecule has 142 valence electrons. The Balaban J connectivity index is 1.49. The number of aromatic nitrogens is 1. The molecule has 0 saturated carbocycles. The van der Waals surface area contributed by atoms with E-state index in [1.165, 1.54) is 17.8 Å². The Kier molecular flexibility index (Phi) is 6.28. The maximum atomic E-state index is 12.7. The summed E-state index contributed by atoms with van der Waals surface area (Å²) in [5.74, 6) is 0.830. The molecule has 2 aromatic rings. The van der Waals surface area contributed by atoms with Gasteiger partial charge in [-0.15, -0.1) is 11.8 Å². The second-order valence-electron chi connectivity index (χ2n) is 6.38. The van der Waals surface area contributed by atoms with Crippen LogP contribution in [0.4, 0.5) is 11.5 Å². The summed E-state index contributed by atoms with van der Waals surface area (Å²) in [6, 6.07) is 13.3. The van der Waals surface area contributed by atoms with Gasteiger partial charge in [-0.2, -0.15) is 0 Å². The highest BCUT2D eigenvalue weighted by Crippen LogP contribution is 2.22. The van der Waals surface area contributed by atoms with E-state index in [-0.39, 0.29) is 17.0 Å². The molecule has 1 amide bonds. The number of hydrogen-bond acceptors (Lipinski definition) is 6. The number of nitro groups is 1. The first kappa shape index (κ1) is 19.2. The SMILES string of the molecule is C[C@H](SCc1ccccc1)C(=O)N1CCN(c2ccc([N+](=O)[O-])nc2)CC1. The Hall–Kier alpha value is -2.61. The zero-order valence-corrected chi connectivity index (χ0v) is 16.0. The van der Waals surface area contributed by atoms with Crippen LogP contribution < -0.4 is 4.90 Å². The van der Waals surface area contributed by atoms with Gasteiger partial charge in [0.25, 0.3) is 0 Å². The fraction of sp³-hybridized carbons (Fsp3) is 0.368. The highest BCUT2D eigenvalue weighted by atomic mass is 32.2. The van der Waals surface area contributed by atoms with E-state index in [4.69, 9.17) is 0 Å². The minimum absolute atomic E-state index is 0.0854. The van der Waals surface area contributed by atoms with Crippen LogP contribution in [-0.4, -0.2) is 52.1 Å². The fourth-order valence-electron chi connectivity index (χ4n) is 2.98. The van der Waals surface area contributed by atoms with Gasteiger partial charge in [0.15, 0.2) is 6.20 Å². The van der Waals surface area contributed by atoms with Crippen LogP contribution >= 0.6 is 11.8 Å². The van der Waals surface area contributed by atoms with Crippen molar-refractivity contribution in [2.75, 3.05) is 31.1 Å². The van der Waals surface area contributed by atoms with Crippen LogP contribution in [0.3, 0.4) is 0 Å². The number of nitrogens with zero attached hydrogens (tertiary/aromatic N) is 4. The second-order valence-corrected chi connectivity index (χ2v) is 7.71. The number of carbonyl (C=O) groups excluding carboxylic acids is 1. The number of rotatable bonds is 6. The van der Waals surface area contributed by atoms with Gasteiger partial charge in [-0.3, -0.25) is 4.79 Å². The number of hydrogen-bond donors (Lipinski definition) is 0. The highest BCUT2D eigenvalue weighted by molar-refractivity contribution is 7.99. The molecule has 0 N–H and O–H groups in total. The molecule has 8 heteroatoms. The van der Waals surface area contributed by atoms with Gasteiger partial charge in [-0.05, 0) is 28.5 Å². The molecule has 1 aliphatic rings. The second kappa shape index (κ2) is 8.85. The normalized spacial score (nSPS) is 15.4. The molecule has 1 fully saturated rings. The molecule has 1 aromatic heterocycles. The van der Waals surface area contributed by atoms with Gasteiger partial charge in [0, 0.05) is 38.0 Å². The monoisotopic (exact) mass is 386 g/mol. The summed E-state index contributed by atoms with van der Waals surface area (Å²) in [4.78, 5) is 30.7. The molecular formula is C19H22N4O3S. The lowest BCUT2D eigenvalue weighted by atomic mass is 10.2. The summed E-state index contributed by atoms with van der Waals surface area (Å²) >= 11 is 1.65. The molecule has 1 aromatic carbocycles. The largest absolute Gasteiger partial charge is 0.365 e. The smallest absolute Gasteiger partial charge is 0.363 e. The van der Waals surface area contributed by atoms with Crippen molar-refractivity contribution in [1.29, 1.82) is 0 Å². The zero-order valence-electron chi connectivity index (χ0n) is 15.2. The molecule has 27 heavy (non-hydrogen) atoms. The van der Waals surface area contributed by atoms with E-state index in [2.05, 4.69) is 22.0 Å². The van der Waals surface area contributed by atoms with Crippen molar-refractivity contribution in [2.45, 2.75) is 17.9 Å². The van der Waals surface area contributed by atoms with Crippen LogP contribution in [-0.2, 0) is 10.5 Å². The Labute approximate surface area is 162 Å². The number of amides is 1. The number of piperazine rings is 1. The first-order valence-corrected chi connectivity index (χ1v) is 9.89. The van der Waals surface area contributed by atoms with Crippen LogP contribution in [0.5, 0.6) is 0 Å². The number of thioether (sulfide) groups is 1. The van der Waals surface area contributed by atoms with Gasteiger partial charge in [-0.1, -0.05) is 30.3 Å². The van der Waals surface area contributed by atoms with Crippen molar-refractivity contribution in [3.8, 4) is 0 Å². The van der Waals surface area contributed by atoms with Gasteiger partial charge < -0.3 is 19.9 Å². The summed E-state index contributed by atoms with van der Waals surface area (Å²) in [7, 11) is 0. The minimum atomic E-state index is -0.505. The molecule has 1 aliphatic heterocycles.